The summed E-state index contributed by atoms with van der Waals surface area (Å²) in [6, 6.07) is 14.2. The molecule has 0 radical (unpaired) electrons. The molecule has 2 N–H and O–H groups in total. The third-order valence-electron chi connectivity index (χ3n) is 2.75. The molecule has 2 rings (SSSR count). The number of anilines is 2. The van der Waals surface area contributed by atoms with Gasteiger partial charge in [-0.3, -0.25) is 9.59 Å². The van der Waals surface area contributed by atoms with Crippen molar-refractivity contribution in [2.75, 3.05) is 22.1 Å². The van der Waals surface area contributed by atoms with E-state index in [0.29, 0.717) is 15.7 Å². The Balaban J connectivity index is 1.74. The maximum absolute atomic E-state index is 11.9. The van der Waals surface area contributed by atoms with Crippen LogP contribution in [0.2, 0.25) is 10.0 Å². The summed E-state index contributed by atoms with van der Waals surface area (Å²) in [6.07, 6.45) is 0. The van der Waals surface area contributed by atoms with E-state index in [4.69, 9.17) is 23.2 Å². The molecule has 0 spiro atoms. The van der Waals surface area contributed by atoms with Crippen LogP contribution in [0.25, 0.3) is 0 Å². The molecule has 7 heteroatoms. The molecule has 0 saturated heterocycles. The molecule has 0 unspecified atom stereocenters. The van der Waals surface area contributed by atoms with Crippen molar-refractivity contribution in [2.45, 2.75) is 0 Å². The average molecular weight is 369 g/mol. The molecule has 0 heterocycles. The fourth-order valence-electron chi connectivity index (χ4n) is 1.74. The zero-order valence-electron chi connectivity index (χ0n) is 12.0. The summed E-state index contributed by atoms with van der Waals surface area (Å²) in [6.45, 7) is 0. The van der Waals surface area contributed by atoms with Gasteiger partial charge in [-0.15, -0.1) is 11.8 Å². The first-order valence-corrected chi connectivity index (χ1v) is 8.64. The molecule has 2 amide bonds. The van der Waals surface area contributed by atoms with Crippen LogP contribution in [0, 0.1) is 0 Å². The Hall–Kier alpha value is -1.69. The lowest BCUT2D eigenvalue weighted by atomic mass is 10.3. The Kier molecular flexibility index (Phi) is 6.77. The SMILES string of the molecule is O=C(CSCC(=O)Nc1cccc(Cl)c1Cl)Nc1ccccc1. The molecule has 0 aromatic heterocycles. The van der Waals surface area contributed by atoms with Crippen molar-refractivity contribution in [2.24, 2.45) is 0 Å². The number of carbonyl (C=O) groups is 2. The topological polar surface area (TPSA) is 58.2 Å². The van der Waals surface area contributed by atoms with Gasteiger partial charge in [0.05, 0.1) is 27.2 Å². The molecular weight excluding hydrogens is 355 g/mol. The summed E-state index contributed by atoms with van der Waals surface area (Å²) in [5, 5.41) is 6.09. The molecule has 2 aromatic rings. The van der Waals surface area contributed by atoms with Gasteiger partial charge in [0.15, 0.2) is 0 Å². The second kappa shape index (κ2) is 8.82. The quantitative estimate of drug-likeness (QED) is 0.798. The van der Waals surface area contributed by atoms with Crippen molar-refractivity contribution in [1.82, 2.24) is 0 Å². The van der Waals surface area contributed by atoms with E-state index in [9.17, 15) is 9.59 Å². The molecule has 0 saturated carbocycles. The van der Waals surface area contributed by atoms with Gasteiger partial charge >= 0.3 is 0 Å². The van der Waals surface area contributed by atoms with Gasteiger partial charge in [-0.25, -0.2) is 0 Å². The first kappa shape index (κ1) is 17.7. The third-order valence-corrected chi connectivity index (χ3v) is 4.50. The molecule has 23 heavy (non-hydrogen) atoms. The first-order chi connectivity index (χ1) is 11.1. The van der Waals surface area contributed by atoms with Gasteiger partial charge in [-0.1, -0.05) is 47.5 Å². The normalized spacial score (nSPS) is 10.2. The molecule has 2 aromatic carbocycles. The summed E-state index contributed by atoms with van der Waals surface area (Å²) in [5.41, 5.74) is 1.19. The highest BCUT2D eigenvalue weighted by molar-refractivity contribution is 8.00. The highest BCUT2D eigenvalue weighted by Crippen LogP contribution is 2.29. The van der Waals surface area contributed by atoms with Crippen molar-refractivity contribution < 1.29 is 9.59 Å². The van der Waals surface area contributed by atoms with E-state index in [1.165, 1.54) is 11.8 Å². The van der Waals surface area contributed by atoms with Gasteiger partial charge in [0.25, 0.3) is 0 Å². The predicted molar refractivity (Wildman–Crippen MR) is 97.5 cm³/mol. The van der Waals surface area contributed by atoms with Gasteiger partial charge in [0.1, 0.15) is 0 Å². The summed E-state index contributed by atoms with van der Waals surface area (Å²) >= 11 is 13.1. The Morgan fingerprint density at radius 1 is 0.870 bits per heavy atom. The lowest BCUT2D eigenvalue weighted by Crippen LogP contribution is -2.18. The van der Waals surface area contributed by atoms with Crippen LogP contribution in [0.3, 0.4) is 0 Å². The van der Waals surface area contributed by atoms with Crippen molar-refractivity contribution in [3.8, 4) is 0 Å². The maximum Gasteiger partial charge on any atom is 0.234 e. The Labute approximate surface area is 148 Å². The van der Waals surface area contributed by atoms with Gasteiger partial charge in [0.2, 0.25) is 11.8 Å². The molecule has 0 aliphatic carbocycles. The zero-order chi connectivity index (χ0) is 16.7. The van der Waals surface area contributed by atoms with Gasteiger partial charge in [-0.2, -0.15) is 0 Å². The van der Waals surface area contributed by atoms with Crippen LogP contribution in [-0.2, 0) is 9.59 Å². The van der Waals surface area contributed by atoms with E-state index in [2.05, 4.69) is 10.6 Å². The minimum absolute atomic E-state index is 0.144. The summed E-state index contributed by atoms with van der Waals surface area (Å²) < 4.78 is 0. The van der Waals surface area contributed by atoms with Crippen LogP contribution in [-0.4, -0.2) is 23.3 Å². The number of hydrogen-bond acceptors (Lipinski definition) is 3. The Morgan fingerprint density at radius 3 is 2.22 bits per heavy atom. The molecule has 4 nitrogen and oxygen atoms in total. The number of rotatable bonds is 6. The van der Waals surface area contributed by atoms with Crippen LogP contribution >= 0.6 is 35.0 Å². The molecule has 0 atom stereocenters. The smallest absolute Gasteiger partial charge is 0.234 e. The van der Waals surface area contributed by atoms with Gasteiger partial charge in [-0.05, 0) is 24.3 Å². The van der Waals surface area contributed by atoms with Gasteiger partial charge < -0.3 is 10.6 Å². The van der Waals surface area contributed by atoms with E-state index in [1.54, 1.807) is 30.3 Å². The van der Waals surface area contributed by atoms with E-state index >= 15 is 0 Å². The van der Waals surface area contributed by atoms with E-state index in [0.717, 1.165) is 5.69 Å². The first-order valence-electron chi connectivity index (χ1n) is 6.73. The highest BCUT2D eigenvalue weighted by atomic mass is 35.5. The van der Waals surface area contributed by atoms with Crippen LogP contribution in [0.15, 0.2) is 48.5 Å². The molecule has 0 bridgehead atoms. The minimum Gasteiger partial charge on any atom is -0.325 e. The van der Waals surface area contributed by atoms with Crippen molar-refractivity contribution >= 4 is 58.2 Å². The number of halogens is 2. The zero-order valence-corrected chi connectivity index (χ0v) is 14.3. The lowest BCUT2D eigenvalue weighted by Gasteiger charge is -2.08. The maximum atomic E-state index is 11.9. The molecule has 0 fully saturated rings. The number of thioether (sulfide) groups is 1. The standard InChI is InChI=1S/C16H14Cl2N2O2S/c17-12-7-4-8-13(16(12)18)20-15(22)10-23-9-14(21)19-11-5-2-1-3-6-11/h1-8H,9-10H2,(H,19,21)(H,20,22). The number of hydrogen-bond donors (Lipinski definition) is 2. The number of benzene rings is 2. The second-order valence-electron chi connectivity index (χ2n) is 4.56. The monoisotopic (exact) mass is 368 g/mol. The second-order valence-corrected chi connectivity index (χ2v) is 6.33. The van der Waals surface area contributed by atoms with Crippen molar-refractivity contribution in [3.63, 3.8) is 0 Å². The van der Waals surface area contributed by atoms with Gasteiger partial charge in [0, 0.05) is 5.69 Å². The van der Waals surface area contributed by atoms with E-state index in [-0.39, 0.29) is 23.3 Å². The lowest BCUT2D eigenvalue weighted by molar-refractivity contribution is -0.114. The summed E-state index contributed by atoms with van der Waals surface area (Å²) in [4.78, 5) is 23.6. The van der Waals surface area contributed by atoms with E-state index < -0.39 is 0 Å². The van der Waals surface area contributed by atoms with Crippen molar-refractivity contribution in [3.05, 3.63) is 58.6 Å². The van der Waals surface area contributed by atoms with Crippen molar-refractivity contribution in [1.29, 1.82) is 0 Å². The largest absolute Gasteiger partial charge is 0.325 e. The fourth-order valence-corrected chi connectivity index (χ4v) is 2.71. The Bertz CT molecular complexity index is 696. The van der Waals surface area contributed by atoms with Crippen LogP contribution in [0.5, 0.6) is 0 Å². The van der Waals surface area contributed by atoms with Crippen LogP contribution < -0.4 is 10.6 Å². The minimum atomic E-state index is -0.244. The number of amides is 2. The number of para-hydroxylation sites is 1. The average Bonchev–Trinajstić information content (AvgIpc) is 2.53. The molecule has 0 aliphatic rings. The number of nitrogens with one attached hydrogen (secondary N) is 2. The fraction of sp³-hybridized carbons (Fsp3) is 0.125. The van der Waals surface area contributed by atoms with Crippen LogP contribution in [0.1, 0.15) is 0 Å². The summed E-state index contributed by atoms with van der Waals surface area (Å²) in [5.74, 6) is -0.0714. The molecule has 0 aliphatic heterocycles. The predicted octanol–water partition coefficient (Wildman–Crippen LogP) is 4.30. The van der Waals surface area contributed by atoms with E-state index in [1.807, 2.05) is 18.2 Å². The third kappa shape index (κ3) is 5.78. The highest BCUT2D eigenvalue weighted by Gasteiger charge is 2.09. The number of carbonyl (C=O) groups excluding carboxylic acids is 2. The summed E-state index contributed by atoms with van der Waals surface area (Å²) in [7, 11) is 0. The Morgan fingerprint density at radius 2 is 1.52 bits per heavy atom. The molecule has 120 valence electrons. The molecular formula is C16H14Cl2N2O2S. The van der Waals surface area contributed by atoms with Crippen LogP contribution in [0.4, 0.5) is 11.4 Å².